The first kappa shape index (κ1) is 16.3. The number of fused-ring (bicyclic) bond motifs is 1. The van der Waals surface area contributed by atoms with E-state index in [0.29, 0.717) is 12.0 Å². The molecule has 3 atom stereocenters. The van der Waals surface area contributed by atoms with Crippen LogP contribution in [0.15, 0.2) is 54.9 Å². The van der Waals surface area contributed by atoms with E-state index in [9.17, 15) is 0 Å². The molecule has 0 radical (unpaired) electrons. The predicted molar refractivity (Wildman–Crippen MR) is 103 cm³/mol. The minimum atomic E-state index is 0.257. The SMILES string of the molecule is c1ccc(C23CCN(C4CCOC4)CC2CN(c2cccnc2)C3)cc1. The van der Waals surface area contributed by atoms with E-state index in [1.54, 1.807) is 0 Å². The fourth-order valence-corrected chi connectivity index (χ4v) is 5.33. The molecule has 3 fully saturated rings. The summed E-state index contributed by atoms with van der Waals surface area (Å²) in [4.78, 5) is 9.61. The largest absolute Gasteiger partial charge is 0.380 e. The highest BCUT2D eigenvalue weighted by molar-refractivity contribution is 5.49. The number of anilines is 1. The maximum absolute atomic E-state index is 5.66. The van der Waals surface area contributed by atoms with Crippen molar-refractivity contribution in [1.82, 2.24) is 9.88 Å². The van der Waals surface area contributed by atoms with Crippen molar-refractivity contribution in [1.29, 1.82) is 0 Å². The van der Waals surface area contributed by atoms with Gasteiger partial charge in [0.25, 0.3) is 0 Å². The van der Waals surface area contributed by atoms with Crippen molar-refractivity contribution in [2.24, 2.45) is 5.92 Å². The first-order chi connectivity index (χ1) is 12.9. The van der Waals surface area contributed by atoms with Crippen LogP contribution in [0.1, 0.15) is 18.4 Å². The van der Waals surface area contributed by atoms with Crippen LogP contribution in [0.3, 0.4) is 0 Å². The van der Waals surface area contributed by atoms with Crippen LogP contribution in [0.2, 0.25) is 0 Å². The van der Waals surface area contributed by atoms with Crippen molar-refractivity contribution >= 4 is 5.69 Å². The zero-order valence-corrected chi connectivity index (χ0v) is 15.3. The number of likely N-dealkylation sites (tertiary alicyclic amines) is 1. The van der Waals surface area contributed by atoms with Gasteiger partial charge >= 0.3 is 0 Å². The quantitative estimate of drug-likeness (QED) is 0.852. The average Bonchev–Trinajstić information content (AvgIpc) is 3.37. The maximum Gasteiger partial charge on any atom is 0.0622 e. The fourth-order valence-electron chi connectivity index (χ4n) is 5.33. The van der Waals surface area contributed by atoms with Gasteiger partial charge in [-0.05, 0) is 37.1 Å². The molecule has 0 N–H and O–H groups in total. The Morgan fingerprint density at radius 1 is 1.08 bits per heavy atom. The first-order valence-corrected chi connectivity index (χ1v) is 9.87. The number of hydrogen-bond acceptors (Lipinski definition) is 4. The van der Waals surface area contributed by atoms with E-state index >= 15 is 0 Å². The van der Waals surface area contributed by atoms with Gasteiger partial charge in [-0.2, -0.15) is 0 Å². The number of aromatic nitrogens is 1. The van der Waals surface area contributed by atoms with Crippen molar-refractivity contribution in [3.63, 3.8) is 0 Å². The topological polar surface area (TPSA) is 28.6 Å². The van der Waals surface area contributed by atoms with E-state index in [1.807, 2.05) is 12.4 Å². The standard InChI is InChI=1S/C22H27N3O/c1-2-5-18(6-3-1)22-9-11-24(21-8-12-26-16-21)14-19(22)15-25(17-22)20-7-4-10-23-13-20/h1-7,10,13,19,21H,8-9,11-12,14-17H2. The summed E-state index contributed by atoms with van der Waals surface area (Å²) in [5.41, 5.74) is 3.03. The Bertz CT molecular complexity index is 732. The van der Waals surface area contributed by atoms with Crippen LogP contribution in [0.25, 0.3) is 0 Å². The second-order valence-corrected chi connectivity index (χ2v) is 8.07. The van der Waals surface area contributed by atoms with E-state index in [2.05, 4.69) is 57.2 Å². The monoisotopic (exact) mass is 349 g/mol. The van der Waals surface area contributed by atoms with Gasteiger partial charge in [-0.25, -0.2) is 0 Å². The molecule has 0 saturated carbocycles. The Labute approximate surface area is 155 Å². The summed E-state index contributed by atoms with van der Waals surface area (Å²) in [5.74, 6) is 0.652. The summed E-state index contributed by atoms with van der Waals surface area (Å²) in [5, 5.41) is 0. The van der Waals surface area contributed by atoms with E-state index in [4.69, 9.17) is 4.74 Å². The van der Waals surface area contributed by atoms with Gasteiger partial charge in [-0.1, -0.05) is 30.3 Å². The van der Waals surface area contributed by atoms with Crippen molar-refractivity contribution in [3.8, 4) is 0 Å². The summed E-state index contributed by atoms with van der Waals surface area (Å²) in [6.07, 6.45) is 6.30. The number of ether oxygens (including phenoxy) is 1. The van der Waals surface area contributed by atoms with Crippen LogP contribution in [0.4, 0.5) is 5.69 Å². The van der Waals surface area contributed by atoms with Crippen LogP contribution in [-0.4, -0.2) is 55.3 Å². The normalized spacial score (nSPS) is 31.9. The highest BCUT2D eigenvalue weighted by Crippen LogP contribution is 2.46. The molecule has 4 nitrogen and oxygen atoms in total. The molecule has 26 heavy (non-hydrogen) atoms. The number of rotatable bonds is 3. The van der Waals surface area contributed by atoms with E-state index < -0.39 is 0 Å². The highest BCUT2D eigenvalue weighted by atomic mass is 16.5. The van der Waals surface area contributed by atoms with Crippen LogP contribution in [0.5, 0.6) is 0 Å². The molecule has 136 valence electrons. The van der Waals surface area contributed by atoms with Gasteiger partial charge in [0, 0.05) is 49.8 Å². The van der Waals surface area contributed by atoms with Gasteiger partial charge in [0.15, 0.2) is 0 Å². The first-order valence-electron chi connectivity index (χ1n) is 9.87. The third-order valence-corrected chi connectivity index (χ3v) is 6.78. The lowest BCUT2D eigenvalue weighted by Gasteiger charge is -2.45. The molecule has 3 aliphatic rings. The summed E-state index contributed by atoms with van der Waals surface area (Å²) in [6, 6.07) is 16.1. The second-order valence-electron chi connectivity index (χ2n) is 8.07. The van der Waals surface area contributed by atoms with Gasteiger partial charge in [0.05, 0.1) is 18.5 Å². The molecule has 0 aliphatic carbocycles. The Morgan fingerprint density at radius 3 is 2.77 bits per heavy atom. The molecule has 1 aromatic heterocycles. The lowest BCUT2D eigenvalue weighted by Crippen LogP contribution is -2.52. The van der Waals surface area contributed by atoms with Gasteiger partial charge in [-0.3, -0.25) is 9.88 Å². The zero-order valence-electron chi connectivity index (χ0n) is 15.3. The molecule has 3 aliphatic heterocycles. The van der Waals surface area contributed by atoms with Crippen LogP contribution < -0.4 is 4.90 Å². The molecule has 1 aromatic carbocycles. The van der Waals surface area contributed by atoms with E-state index in [1.165, 1.54) is 37.2 Å². The van der Waals surface area contributed by atoms with Crippen molar-refractivity contribution in [3.05, 3.63) is 60.4 Å². The maximum atomic E-state index is 5.66. The molecule has 5 rings (SSSR count). The highest BCUT2D eigenvalue weighted by Gasteiger charge is 2.51. The lowest BCUT2D eigenvalue weighted by atomic mass is 9.67. The predicted octanol–water partition coefficient (Wildman–Crippen LogP) is 2.95. The molecule has 3 saturated heterocycles. The number of piperidine rings is 1. The smallest absolute Gasteiger partial charge is 0.0622 e. The molecular weight excluding hydrogens is 322 g/mol. The third-order valence-electron chi connectivity index (χ3n) is 6.78. The third kappa shape index (κ3) is 2.72. The van der Waals surface area contributed by atoms with Crippen molar-refractivity contribution < 1.29 is 4.74 Å². The number of nitrogens with zero attached hydrogens (tertiary/aromatic N) is 3. The van der Waals surface area contributed by atoms with Gasteiger partial charge in [0.2, 0.25) is 0 Å². The molecule has 0 amide bonds. The molecule has 0 bridgehead atoms. The number of benzene rings is 1. The van der Waals surface area contributed by atoms with Crippen LogP contribution in [0, 0.1) is 5.92 Å². The lowest BCUT2D eigenvalue weighted by molar-refractivity contribution is 0.0740. The number of pyridine rings is 1. The Hall–Kier alpha value is -1.91. The van der Waals surface area contributed by atoms with Gasteiger partial charge < -0.3 is 9.64 Å². The minimum absolute atomic E-state index is 0.257. The molecule has 4 heteroatoms. The molecule has 3 unspecified atom stereocenters. The minimum Gasteiger partial charge on any atom is -0.380 e. The van der Waals surface area contributed by atoms with E-state index in [-0.39, 0.29) is 5.41 Å². The molecular formula is C22H27N3O. The fraction of sp³-hybridized carbons (Fsp3) is 0.500. The molecule has 2 aromatic rings. The number of hydrogen-bond donors (Lipinski definition) is 0. The molecule has 4 heterocycles. The summed E-state index contributed by atoms with van der Waals surface area (Å²) < 4.78 is 5.66. The van der Waals surface area contributed by atoms with Gasteiger partial charge in [0.1, 0.15) is 0 Å². The summed E-state index contributed by atoms with van der Waals surface area (Å²) in [7, 11) is 0. The van der Waals surface area contributed by atoms with E-state index in [0.717, 1.165) is 26.3 Å². The van der Waals surface area contributed by atoms with Crippen LogP contribution in [-0.2, 0) is 10.2 Å². The van der Waals surface area contributed by atoms with Crippen molar-refractivity contribution in [2.45, 2.75) is 24.3 Å². The zero-order chi connectivity index (χ0) is 17.4. The summed E-state index contributed by atoms with van der Waals surface area (Å²) >= 11 is 0. The van der Waals surface area contributed by atoms with Crippen LogP contribution >= 0.6 is 0 Å². The Morgan fingerprint density at radius 2 is 2.00 bits per heavy atom. The Balaban J connectivity index is 1.46. The Kier molecular flexibility index (Phi) is 4.18. The van der Waals surface area contributed by atoms with Gasteiger partial charge in [-0.15, -0.1) is 0 Å². The van der Waals surface area contributed by atoms with Crippen molar-refractivity contribution in [2.75, 3.05) is 44.3 Å². The second kappa shape index (κ2) is 6.67. The summed E-state index contributed by atoms with van der Waals surface area (Å²) in [6.45, 7) is 6.42. The average molecular weight is 349 g/mol. The molecule has 0 spiro atoms.